The molecule has 0 aromatic carbocycles. The van der Waals surface area contributed by atoms with Gasteiger partial charge in [0.1, 0.15) is 11.6 Å². The van der Waals surface area contributed by atoms with Gasteiger partial charge in [0, 0.05) is 44.0 Å². The van der Waals surface area contributed by atoms with E-state index in [4.69, 9.17) is 4.74 Å². The Morgan fingerprint density at radius 1 is 1.38 bits per heavy atom. The number of pyridine rings is 1. The minimum Gasteiger partial charge on any atom is -0.494 e. The average Bonchev–Trinajstić information content (AvgIpc) is 2.30. The highest BCUT2D eigenvalue weighted by molar-refractivity contribution is 5.45. The van der Waals surface area contributed by atoms with Crippen molar-refractivity contribution in [2.45, 2.75) is 13.8 Å². The third kappa shape index (κ3) is 2.64. The second kappa shape index (κ2) is 5.16. The minimum atomic E-state index is 0.699. The van der Waals surface area contributed by atoms with Crippen molar-refractivity contribution in [3.05, 3.63) is 17.8 Å². The van der Waals surface area contributed by atoms with Crippen LogP contribution in [0.3, 0.4) is 0 Å². The number of nitrogens with zero attached hydrogens (tertiary/aromatic N) is 2. The van der Waals surface area contributed by atoms with Crippen molar-refractivity contribution >= 4 is 5.82 Å². The number of aromatic nitrogens is 1. The van der Waals surface area contributed by atoms with Gasteiger partial charge < -0.3 is 15.0 Å². The molecule has 0 spiro atoms. The molecule has 1 aromatic rings. The molecule has 0 radical (unpaired) electrons. The fourth-order valence-corrected chi connectivity index (χ4v) is 1.93. The van der Waals surface area contributed by atoms with Crippen LogP contribution < -0.4 is 15.0 Å². The lowest BCUT2D eigenvalue weighted by Gasteiger charge is -2.28. The number of nitrogens with one attached hydrogen (secondary N) is 1. The molecule has 2 rings (SSSR count). The highest BCUT2D eigenvalue weighted by Gasteiger charge is 2.12. The molecule has 16 heavy (non-hydrogen) atoms. The van der Waals surface area contributed by atoms with E-state index >= 15 is 0 Å². The van der Waals surface area contributed by atoms with Crippen LogP contribution in [0, 0.1) is 6.92 Å². The van der Waals surface area contributed by atoms with E-state index in [0.29, 0.717) is 6.61 Å². The van der Waals surface area contributed by atoms with Gasteiger partial charge in [-0.15, -0.1) is 0 Å². The van der Waals surface area contributed by atoms with Crippen molar-refractivity contribution in [1.29, 1.82) is 0 Å². The maximum absolute atomic E-state index is 5.54. The second-order valence-corrected chi connectivity index (χ2v) is 3.97. The quantitative estimate of drug-likeness (QED) is 0.832. The fraction of sp³-hybridized carbons (Fsp3) is 0.583. The SMILES string of the molecule is CCOc1cc(C)nc(N2CCNCC2)c1. The van der Waals surface area contributed by atoms with Gasteiger partial charge in [-0.25, -0.2) is 4.98 Å². The molecule has 2 heterocycles. The van der Waals surface area contributed by atoms with Gasteiger partial charge in [-0.3, -0.25) is 0 Å². The molecule has 0 aliphatic carbocycles. The Morgan fingerprint density at radius 3 is 2.81 bits per heavy atom. The molecular formula is C12H19N3O. The molecule has 1 saturated heterocycles. The largest absolute Gasteiger partial charge is 0.494 e. The molecule has 0 atom stereocenters. The summed E-state index contributed by atoms with van der Waals surface area (Å²) >= 11 is 0. The summed E-state index contributed by atoms with van der Waals surface area (Å²) in [5.74, 6) is 1.95. The minimum absolute atomic E-state index is 0.699. The Morgan fingerprint density at radius 2 is 2.12 bits per heavy atom. The van der Waals surface area contributed by atoms with Gasteiger partial charge in [0.25, 0.3) is 0 Å². The van der Waals surface area contributed by atoms with Crippen LogP contribution in [0.5, 0.6) is 5.75 Å². The van der Waals surface area contributed by atoms with Gasteiger partial charge in [0.05, 0.1) is 6.61 Å². The van der Waals surface area contributed by atoms with E-state index in [9.17, 15) is 0 Å². The summed E-state index contributed by atoms with van der Waals surface area (Å²) in [5.41, 5.74) is 1.01. The molecule has 1 fully saturated rings. The van der Waals surface area contributed by atoms with E-state index in [2.05, 4.69) is 15.2 Å². The van der Waals surface area contributed by atoms with E-state index < -0.39 is 0 Å². The van der Waals surface area contributed by atoms with Gasteiger partial charge in [0.15, 0.2) is 0 Å². The first-order chi connectivity index (χ1) is 7.79. The number of ether oxygens (including phenoxy) is 1. The highest BCUT2D eigenvalue weighted by atomic mass is 16.5. The molecule has 1 N–H and O–H groups in total. The molecule has 88 valence electrons. The van der Waals surface area contributed by atoms with Crippen LogP contribution in [-0.2, 0) is 0 Å². The van der Waals surface area contributed by atoms with E-state index in [1.807, 2.05) is 26.0 Å². The van der Waals surface area contributed by atoms with E-state index in [1.54, 1.807) is 0 Å². The van der Waals surface area contributed by atoms with Gasteiger partial charge in [-0.05, 0) is 13.8 Å². The first-order valence-corrected chi connectivity index (χ1v) is 5.86. The van der Waals surface area contributed by atoms with Gasteiger partial charge in [-0.1, -0.05) is 0 Å². The Bertz CT molecular complexity index is 348. The maximum Gasteiger partial charge on any atom is 0.132 e. The third-order valence-electron chi connectivity index (χ3n) is 2.67. The van der Waals surface area contributed by atoms with Crippen LogP contribution in [0.15, 0.2) is 12.1 Å². The lowest BCUT2D eigenvalue weighted by Crippen LogP contribution is -2.43. The van der Waals surface area contributed by atoms with Gasteiger partial charge in [-0.2, -0.15) is 0 Å². The van der Waals surface area contributed by atoms with Gasteiger partial charge in [0.2, 0.25) is 0 Å². The van der Waals surface area contributed by atoms with Crippen molar-refractivity contribution < 1.29 is 4.74 Å². The molecule has 1 aromatic heterocycles. The van der Waals surface area contributed by atoms with E-state index in [1.165, 1.54) is 0 Å². The van der Waals surface area contributed by atoms with Gasteiger partial charge >= 0.3 is 0 Å². The Balaban J connectivity index is 2.18. The summed E-state index contributed by atoms with van der Waals surface area (Å²) in [5, 5.41) is 3.34. The van der Waals surface area contributed by atoms with Crippen molar-refractivity contribution in [1.82, 2.24) is 10.3 Å². The number of hydrogen-bond acceptors (Lipinski definition) is 4. The molecular weight excluding hydrogens is 202 g/mol. The number of aryl methyl sites for hydroxylation is 1. The fourth-order valence-electron chi connectivity index (χ4n) is 1.93. The zero-order valence-electron chi connectivity index (χ0n) is 9.99. The average molecular weight is 221 g/mol. The van der Waals surface area contributed by atoms with Crippen molar-refractivity contribution in [2.24, 2.45) is 0 Å². The standard InChI is InChI=1S/C12H19N3O/c1-3-16-11-8-10(2)14-12(9-11)15-6-4-13-5-7-15/h8-9,13H,3-7H2,1-2H3. The predicted octanol–water partition coefficient (Wildman–Crippen LogP) is 1.20. The number of rotatable bonds is 3. The molecule has 4 heteroatoms. The number of anilines is 1. The zero-order valence-corrected chi connectivity index (χ0v) is 9.99. The molecule has 1 aliphatic heterocycles. The summed E-state index contributed by atoms with van der Waals surface area (Å²) in [6.07, 6.45) is 0. The van der Waals surface area contributed by atoms with Crippen LogP contribution in [0.2, 0.25) is 0 Å². The molecule has 0 unspecified atom stereocenters. The van der Waals surface area contributed by atoms with Crippen LogP contribution in [-0.4, -0.2) is 37.8 Å². The van der Waals surface area contributed by atoms with Crippen molar-refractivity contribution in [3.8, 4) is 5.75 Å². The lowest BCUT2D eigenvalue weighted by atomic mass is 10.3. The predicted molar refractivity (Wildman–Crippen MR) is 65.2 cm³/mol. The molecule has 4 nitrogen and oxygen atoms in total. The number of hydrogen-bond donors (Lipinski definition) is 1. The smallest absolute Gasteiger partial charge is 0.132 e. The lowest BCUT2D eigenvalue weighted by molar-refractivity contribution is 0.339. The first-order valence-electron chi connectivity index (χ1n) is 5.86. The summed E-state index contributed by atoms with van der Waals surface area (Å²) in [6.45, 7) is 8.79. The van der Waals surface area contributed by atoms with Crippen LogP contribution in [0.4, 0.5) is 5.82 Å². The molecule has 0 amide bonds. The normalized spacial score (nSPS) is 16.2. The van der Waals surface area contributed by atoms with Crippen molar-refractivity contribution in [2.75, 3.05) is 37.7 Å². The second-order valence-electron chi connectivity index (χ2n) is 3.97. The Kier molecular flexibility index (Phi) is 3.62. The van der Waals surface area contributed by atoms with Crippen LogP contribution >= 0.6 is 0 Å². The topological polar surface area (TPSA) is 37.4 Å². The van der Waals surface area contributed by atoms with Crippen molar-refractivity contribution in [3.63, 3.8) is 0 Å². The maximum atomic E-state index is 5.54. The summed E-state index contributed by atoms with van der Waals surface area (Å²) in [6, 6.07) is 4.01. The molecule has 1 aliphatic rings. The zero-order chi connectivity index (χ0) is 11.4. The van der Waals surface area contributed by atoms with Crippen LogP contribution in [0.1, 0.15) is 12.6 Å². The Labute approximate surface area is 96.6 Å². The number of piperazine rings is 1. The van der Waals surface area contributed by atoms with Crippen LogP contribution in [0.25, 0.3) is 0 Å². The molecule has 0 bridgehead atoms. The monoisotopic (exact) mass is 221 g/mol. The Hall–Kier alpha value is -1.29. The van der Waals surface area contributed by atoms with E-state index in [-0.39, 0.29) is 0 Å². The van der Waals surface area contributed by atoms with E-state index in [0.717, 1.165) is 43.4 Å². The molecule has 0 saturated carbocycles. The highest BCUT2D eigenvalue weighted by Crippen LogP contribution is 2.20. The summed E-state index contributed by atoms with van der Waals surface area (Å²) in [4.78, 5) is 6.86. The summed E-state index contributed by atoms with van der Waals surface area (Å²) < 4.78 is 5.54. The summed E-state index contributed by atoms with van der Waals surface area (Å²) in [7, 11) is 0. The third-order valence-corrected chi connectivity index (χ3v) is 2.67. The first kappa shape index (κ1) is 11.2.